The number of carbonyl (C=O) groups excluding carboxylic acids is 1. The van der Waals surface area contributed by atoms with Gasteiger partial charge in [0.05, 0.1) is 0 Å². The molecular weight excluding hydrogens is 300 g/mol. The standard InChI is InChI=1S/C20H24N2O2/c1-14-10-15(11-17(23)21-14)18(24)22(4)13-20(12-19(20,2)3)16-8-6-5-7-9-16/h5-11H,12-13H2,1-4H3,(H,21,23). The van der Waals surface area contributed by atoms with Gasteiger partial charge in [0, 0.05) is 36.3 Å². The summed E-state index contributed by atoms with van der Waals surface area (Å²) in [6.07, 6.45) is 1.05. The lowest BCUT2D eigenvalue weighted by atomic mass is 9.87. The molecule has 2 aromatic rings. The van der Waals surface area contributed by atoms with E-state index in [1.54, 1.807) is 17.9 Å². The van der Waals surface area contributed by atoms with Crippen LogP contribution >= 0.6 is 0 Å². The van der Waals surface area contributed by atoms with E-state index >= 15 is 0 Å². The Morgan fingerprint density at radius 2 is 1.83 bits per heavy atom. The highest BCUT2D eigenvalue weighted by molar-refractivity contribution is 5.94. The Hall–Kier alpha value is -2.36. The van der Waals surface area contributed by atoms with Crippen LogP contribution in [0.3, 0.4) is 0 Å². The minimum atomic E-state index is -0.240. The average Bonchev–Trinajstić information content (AvgIpc) is 3.08. The Morgan fingerprint density at radius 1 is 1.21 bits per heavy atom. The van der Waals surface area contributed by atoms with E-state index in [-0.39, 0.29) is 22.3 Å². The van der Waals surface area contributed by atoms with Gasteiger partial charge in [-0.25, -0.2) is 0 Å². The number of carbonyl (C=O) groups is 1. The fourth-order valence-electron chi connectivity index (χ4n) is 3.82. The summed E-state index contributed by atoms with van der Waals surface area (Å²) in [7, 11) is 1.82. The third-order valence-electron chi connectivity index (χ3n) is 5.32. The molecule has 1 aliphatic rings. The highest BCUT2D eigenvalue weighted by Crippen LogP contribution is 2.64. The molecule has 1 heterocycles. The van der Waals surface area contributed by atoms with Gasteiger partial charge in [0.15, 0.2) is 0 Å². The summed E-state index contributed by atoms with van der Waals surface area (Å²) in [6.45, 7) is 6.92. The average molecular weight is 324 g/mol. The van der Waals surface area contributed by atoms with Crippen molar-refractivity contribution < 1.29 is 4.79 Å². The van der Waals surface area contributed by atoms with Crippen molar-refractivity contribution in [3.05, 3.63) is 69.6 Å². The maximum atomic E-state index is 12.8. The molecular formula is C20H24N2O2. The molecule has 1 saturated carbocycles. The Bertz CT molecular complexity index is 823. The molecule has 0 saturated heterocycles. The highest BCUT2D eigenvalue weighted by atomic mass is 16.2. The van der Waals surface area contributed by atoms with E-state index in [4.69, 9.17) is 0 Å². The van der Waals surface area contributed by atoms with Crippen LogP contribution < -0.4 is 5.56 Å². The molecule has 0 aliphatic heterocycles. The second-order valence-electron chi connectivity index (χ2n) is 7.59. The number of likely N-dealkylation sites (N-methyl/N-ethyl adjacent to an activating group) is 1. The first-order valence-corrected chi connectivity index (χ1v) is 8.27. The zero-order valence-electron chi connectivity index (χ0n) is 14.7. The Balaban J connectivity index is 1.86. The summed E-state index contributed by atoms with van der Waals surface area (Å²) in [6, 6.07) is 13.5. The molecule has 1 fully saturated rings. The molecule has 0 radical (unpaired) electrons. The summed E-state index contributed by atoms with van der Waals surface area (Å²) >= 11 is 0. The molecule has 0 spiro atoms. The zero-order chi connectivity index (χ0) is 17.5. The summed E-state index contributed by atoms with van der Waals surface area (Å²) in [5.74, 6) is -0.109. The number of pyridine rings is 1. The van der Waals surface area contributed by atoms with Gasteiger partial charge in [0.25, 0.3) is 5.91 Å². The van der Waals surface area contributed by atoms with Gasteiger partial charge in [-0.2, -0.15) is 0 Å². The summed E-state index contributed by atoms with van der Waals surface area (Å²) < 4.78 is 0. The lowest BCUT2D eigenvalue weighted by Crippen LogP contribution is -2.37. The smallest absolute Gasteiger partial charge is 0.253 e. The number of aryl methyl sites for hydroxylation is 1. The molecule has 24 heavy (non-hydrogen) atoms. The van der Waals surface area contributed by atoms with E-state index in [2.05, 4.69) is 31.0 Å². The van der Waals surface area contributed by atoms with Crippen molar-refractivity contribution in [2.45, 2.75) is 32.6 Å². The van der Waals surface area contributed by atoms with Gasteiger partial charge in [-0.3, -0.25) is 9.59 Å². The fraction of sp³-hybridized carbons (Fsp3) is 0.400. The molecule has 4 nitrogen and oxygen atoms in total. The van der Waals surface area contributed by atoms with Gasteiger partial charge in [0.1, 0.15) is 0 Å². The zero-order valence-corrected chi connectivity index (χ0v) is 14.7. The van der Waals surface area contributed by atoms with Crippen LogP contribution in [0.25, 0.3) is 0 Å². The third-order valence-corrected chi connectivity index (χ3v) is 5.32. The number of rotatable bonds is 4. The van der Waals surface area contributed by atoms with Crippen LogP contribution in [0.1, 0.15) is 41.9 Å². The number of aromatic amines is 1. The quantitative estimate of drug-likeness (QED) is 0.939. The molecule has 1 unspecified atom stereocenters. The van der Waals surface area contributed by atoms with Crippen LogP contribution in [0.15, 0.2) is 47.3 Å². The van der Waals surface area contributed by atoms with Gasteiger partial charge in [-0.15, -0.1) is 0 Å². The minimum absolute atomic E-state index is 0.0189. The summed E-state index contributed by atoms with van der Waals surface area (Å²) in [5, 5.41) is 0. The summed E-state index contributed by atoms with van der Waals surface area (Å²) in [4.78, 5) is 28.8. The molecule has 126 valence electrons. The van der Waals surface area contributed by atoms with E-state index in [9.17, 15) is 9.59 Å². The van der Waals surface area contributed by atoms with Crippen LogP contribution in [0.2, 0.25) is 0 Å². The van der Waals surface area contributed by atoms with E-state index in [0.29, 0.717) is 17.8 Å². The van der Waals surface area contributed by atoms with E-state index in [0.717, 1.165) is 6.42 Å². The van der Waals surface area contributed by atoms with Crippen LogP contribution in [0, 0.1) is 12.3 Å². The lowest BCUT2D eigenvalue weighted by molar-refractivity contribution is 0.0774. The first-order chi connectivity index (χ1) is 11.2. The number of nitrogens with one attached hydrogen (secondary N) is 1. The van der Waals surface area contributed by atoms with Gasteiger partial charge < -0.3 is 9.88 Å². The fourth-order valence-corrected chi connectivity index (χ4v) is 3.82. The number of hydrogen-bond donors (Lipinski definition) is 1. The second-order valence-corrected chi connectivity index (χ2v) is 7.59. The molecule has 0 bridgehead atoms. The van der Waals surface area contributed by atoms with Crippen LogP contribution in [0.4, 0.5) is 0 Å². The van der Waals surface area contributed by atoms with Gasteiger partial charge >= 0.3 is 0 Å². The molecule has 1 atom stereocenters. The van der Waals surface area contributed by atoms with Gasteiger partial charge in [-0.05, 0) is 30.4 Å². The van der Waals surface area contributed by atoms with Crippen molar-refractivity contribution in [1.82, 2.24) is 9.88 Å². The minimum Gasteiger partial charge on any atom is -0.341 e. The Labute approximate surface area is 142 Å². The molecule has 1 aromatic carbocycles. The monoisotopic (exact) mass is 324 g/mol. The number of aromatic nitrogens is 1. The SMILES string of the molecule is Cc1cc(C(=O)N(C)CC2(c3ccccc3)CC2(C)C)cc(=O)[nH]1. The molecule has 4 heteroatoms. The Kier molecular flexibility index (Phi) is 3.86. The van der Waals surface area contributed by atoms with Crippen molar-refractivity contribution in [3.63, 3.8) is 0 Å². The number of nitrogens with zero attached hydrogens (tertiary/aromatic N) is 1. The topological polar surface area (TPSA) is 53.2 Å². The van der Waals surface area contributed by atoms with Crippen molar-refractivity contribution in [1.29, 1.82) is 0 Å². The lowest BCUT2D eigenvalue weighted by Gasteiger charge is -2.28. The van der Waals surface area contributed by atoms with Crippen LogP contribution in [-0.4, -0.2) is 29.4 Å². The first-order valence-electron chi connectivity index (χ1n) is 8.27. The predicted molar refractivity (Wildman–Crippen MR) is 95.3 cm³/mol. The molecule has 3 rings (SSSR count). The number of benzene rings is 1. The van der Waals surface area contributed by atoms with Crippen molar-refractivity contribution in [2.24, 2.45) is 5.41 Å². The third kappa shape index (κ3) is 2.77. The van der Waals surface area contributed by atoms with E-state index in [1.165, 1.54) is 11.6 Å². The predicted octanol–water partition coefficient (Wildman–Crippen LogP) is 3.12. The largest absolute Gasteiger partial charge is 0.341 e. The molecule has 1 aliphatic carbocycles. The summed E-state index contributed by atoms with van der Waals surface area (Å²) in [5.41, 5.74) is 2.32. The van der Waals surface area contributed by atoms with Gasteiger partial charge in [0.2, 0.25) is 5.56 Å². The highest BCUT2D eigenvalue weighted by Gasteiger charge is 2.62. The van der Waals surface area contributed by atoms with Crippen molar-refractivity contribution >= 4 is 5.91 Å². The van der Waals surface area contributed by atoms with Gasteiger partial charge in [-0.1, -0.05) is 44.2 Å². The number of hydrogen-bond acceptors (Lipinski definition) is 2. The Morgan fingerprint density at radius 3 is 2.38 bits per heavy atom. The maximum Gasteiger partial charge on any atom is 0.253 e. The first kappa shape index (κ1) is 16.5. The van der Waals surface area contributed by atoms with Crippen molar-refractivity contribution in [2.75, 3.05) is 13.6 Å². The number of H-pyrrole nitrogens is 1. The van der Waals surface area contributed by atoms with Crippen molar-refractivity contribution in [3.8, 4) is 0 Å². The van der Waals surface area contributed by atoms with E-state index in [1.807, 2.05) is 25.2 Å². The van der Waals surface area contributed by atoms with Crippen LogP contribution in [0.5, 0.6) is 0 Å². The van der Waals surface area contributed by atoms with Crippen LogP contribution in [-0.2, 0) is 5.41 Å². The molecule has 1 aromatic heterocycles. The maximum absolute atomic E-state index is 12.8. The molecule has 1 amide bonds. The normalized spacial score (nSPS) is 21.3. The number of amides is 1. The van der Waals surface area contributed by atoms with E-state index < -0.39 is 0 Å². The second kappa shape index (κ2) is 5.62. The molecule has 1 N–H and O–H groups in total.